The molecule has 0 saturated heterocycles. The maximum atomic E-state index is 11.9. The van der Waals surface area contributed by atoms with Gasteiger partial charge in [0.05, 0.1) is 5.25 Å². The van der Waals surface area contributed by atoms with E-state index in [9.17, 15) is 4.79 Å². The summed E-state index contributed by atoms with van der Waals surface area (Å²) in [7, 11) is 0. The van der Waals surface area contributed by atoms with Crippen LogP contribution in [0.1, 0.15) is 38.5 Å². The van der Waals surface area contributed by atoms with Crippen LogP contribution in [0.25, 0.3) is 0 Å². The van der Waals surface area contributed by atoms with E-state index in [0.29, 0.717) is 11.2 Å². The third-order valence-corrected chi connectivity index (χ3v) is 5.76. The van der Waals surface area contributed by atoms with Crippen LogP contribution in [-0.4, -0.2) is 11.0 Å². The Bertz CT molecular complexity index is 406. The SMILES string of the molecule is O=C1CC2(CCCCC2)C1Sc1ccccc1. The second-order valence-corrected chi connectivity index (χ2v) is 6.56. The number of thioether (sulfide) groups is 1. The van der Waals surface area contributed by atoms with Gasteiger partial charge in [0, 0.05) is 11.3 Å². The zero-order valence-electron chi connectivity index (χ0n) is 10.0. The molecule has 0 heterocycles. The van der Waals surface area contributed by atoms with E-state index < -0.39 is 0 Å². The lowest BCUT2D eigenvalue weighted by atomic mass is 9.60. The minimum Gasteiger partial charge on any atom is -0.298 e. The summed E-state index contributed by atoms with van der Waals surface area (Å²) < 4.78 is 0. The molecular weight excluding hydrogens is 228 g/mol. The van der Waals surface area contributed by atoms with Crippen molar-refractivity contribution in [1.82, 2.24) is 0 Å². The van der Waals surface area contributed by atoms with E-state index in [2.05, 4.69) is 24.3 Å². The van der Waals surface area contributed by atoms with Gasteiger partial charge < -0.3 is 0 Å². The van der Waals surface area contributed by atoms with E-state index >= 15 is 0 Å². The molecule has 0 N–H and O–H groups in total. The zero-order chi connectivity index (χ0) is 11.7. The summed E-state index contributed by atoms with van der Waals surface area (Å²) in [6.45, 7) is 0. The monoisotopic (exact) mass is 246 g/mol. The molecule has 1 aromatic carbocycles. The summed E-state index contributed by atoms with van der Waals surface area (Å²) in [5, 5.41) is 0.241. The fraction of sp³-hybridized carbons (Fsp3) is 0.533. The summed E-state index contributed by atoms with van der Waals surface area (Å²) >= 11 is 1.79. The topological polar surface area (TPSA) is 17.1 Å². The second kappa shape index (κ2) is 4.49. The van der Waals surface area contributed by atoms with Crippen molar-refractivity contribution in [3.63, 3.8) is 0 Å². The fourth-order valence-electron chi connectivity index (χ4n) is 3.26. The molecule has 1 spiro atoms. The van der Waals surface area contributed by atoms with Crippen LogP contribution in [0.15, 0.2) is 35.2 Å². The molecule has 1 nitrogen and oxygen atoms in total. The van der Waals surface area contributed by atoms with Crippen LogP contribution in [-0.2, 0) is 4.79 Å². The van der Waals surface area contributed by atoms with E-state index in [4.69, 9.17) is 0 Å². The number of benzene rings is 1. The molecule has 3 rings (SSSR count). The third-order valence-electron chi connectivity index (χ3n) is 4.22. The Morgan fingerprint density at radius 2 is 1.76 bits per heavy atom. The Balaban J connectivity index is 1.75. The molecule has 1 unspecified atom stereocenters. The Labute approximate surface area is 107 Å². The molecule has 0 radical (unpaired) electrons. The fourth-order valence-corrected chi connectivity index (χ4v) is 4.63. The number of hydrogen-bond donors (Lipinski definition) is 0. The van der Waals surface area contributed by atoms with Crippen LogP contribution in [0.4, 0.5) is 0 Å². The summed E-state index contributed by atoms with van der Waals surface area (Å²) in [4.78, 5) is 13.1. The van der Waals surface area contributed by atoms with Gasteiger partial charge in [0.15, 0.2) is 0 Å². The highest BCUT2D eigenvalue weighted by molar-refractivity contribution is 8.00. The molecule has 2 heteroatoms. The van der Waals surface area contributed by atoms with E-state index in [0.717, 1.165) is 6.42 Å². The van der Waals surface area contributed by atoms with Crippen molar-refractivity contribution in [2.24, 2.45) is 5.41 Å². The molecule has 2 aliphatic carbocycles. The van der Waals surface area contributed by atoms with Gasteiger partial charge in [-0.15, -0.1) is 11.8 Å². The molecule has 0 amide bonds. The van der Waals surface area contributed by atoms with Gasteiger partial charge in [-0.2, -0.15) is 0 Å². The number of hydrogen-bond acceptors (Lipinski definition) is 2. The van der Waals surface area contributed by atoms with Crippen molar-refractivity contribution >= 4 is 17.5 Å². The van der Waals surface area contributed by atoms with Crippen LogP contribution >= 0.6 is 11.8 Å². The largest absolute Gasteiger partial charge is 0.298 e. The maximum Gasteiger partial charge on any atom is 0.147 e. The first-order chi connectivity index (χ1) is 8.30. The van der Waals surface area contributed by atoms with Crippen LogP contribution in [0.3, 0.4) is 0 Å². The number of carbonyl (C=O) groups is 1. The van der Waals surface area contributed by atoms with Gasteiger partial charge in [-0.3, -0.25) is 4.79 Å². The Morgan fingerprint density at radius 3 is 2.41 bits per heavy atom. The lowest BCUT2D eigenvalue weighted by molar-refractivity contribution is -0.133. The highest BCUT2D eigenvalue weighted by Crippen LogP contribution is 2.55. The zero-order valence-corrected chi connectivity index (χ0v) is 10.8. The first-order valence-electron chi connectivity index (χ1n) is 6.55. The van der Waals surface area contributed by atoms with Gasteiger partial charge in [0.25, 0.3) is 0 Å². The second-order valence-electron chi connectivity index (χ2n) is 5.38. The van der Waals surface area contributed by atoms with Crippen LogP contribution in [0.2, 0.25) is 0 Å². The Kier molecular flexibility index (Phi) is 2.99. The lowest BCUT2D eigenvalue weighted by Gasteiger charge is -2.50. The molecule has 1 aromatic rings. The van der Waals surface area contributed by atoms with Crippen molar-refractivity contribution in [1.29, 1.82) is 0 Å². The van der Waals surface area contributed by atoms with Gasteiger partial charge in [-0.05, 0) is 30.4 Å². The van der Waals surface area contributed by atoms with Crippen LogP contribution in [0.5, 0.6) is 0 Å². The number of ketones is 1. The Hall–Kier alpha value is -0.760. The predicted octanol–water partition coefficient (Wildman–Crippen LogP) is 4.07. The van der Waals surface area contributed by atoms with Crippen LogP contribution < -0.4 is 0 Å². The van der Waals surface area contributed by atoms with Gasteiger partial charge >= 0.3 is 0 Å². The molecule has 90 valence electrons. The van der Waals surface area contributed by atoms with Gasteiger partial charge in [-0.1, -0.05) is 37.5 Å². The normalized spacial score (nSPS) is 26.8. The highest BCUT2D eigenvalue weighted by Gasteiger charge is 2.53. The number of carbonyl (C=O) groups excluding carboxylic acids is 1. The first-order valence-corrected chi connectivity index (χ1v) is 7.43. The van der Waals surface area contributed by atoms with Crippen LogP contribution in [0, 0.1) is 5.41 Å². The molecule has 0 aliphatic heterocycles. The predicted molar refractivity (Wildman–Crippen MR) is 71.2 cm³/mol. The molecule has 0 bridgehead atoms. The third kappa shape index (κ3) is 2.03. The van der Waals surface area contributed by atoms with Crippen molar-refractivity contribution < 1.29 is 4.79 Å². The van der Waals surface area contributed by atoms with Crippen molar-refractivity contribution in [3.8, 4) is 0 Å². The molecular formula is C15H18OS. The maximum absolute atomic E-state index is 11.9. The molecule has 2 fully saturated rings. The summed E-state index contributed by atoms with van der Waals surface area (Å²) in [5.74, 6) is 0.473. The molecule has 2 saturated carbocycles. The van der Waals surface area contributed by atoms with E-state index in [1.54, 1.807) is 11.8 Å². The minimum absolute atomic E-state index is 0.241. The minimum atomic E-state index is 0.241. The summed E-state index contributed by atoms with van der Waals surface area (Å²) in [6.07, 6.45) is 7.38. The molecule has 0 aromatic heterocycles. The van der Waals surface area contributed by atoms with E-state index in [1.165, 1.54) is 37.0 Å². The van der Waals surface area contributed by atoms with Gasteiger partial charge in [0.2, 0.25) is 0 Å². The Morgan fingerprint density at radius 1 is 1.06 bits per heavy atom. The average Bonchev–Trinajstić information content (AvgIpc) is 2.39. The van der Waals surface area contributed by atoms with Crippen molar-refractivity contribution in [2.75, 3.05) is 0 Å². The van der Waals surface area contributed by atoms with Crippen molar-refractivity contribution in [2.45, 2.75) is 48.7 Å². The standard InChI is InChI=1S/C15H18OS/c16-13-11-15(9-5-2-6-10-15)14(13)17-12-7-3-1-4-8-12/h1,3-4,7-8,14H,2,5-6,9-11H2. The molecule has 2 aliphatic rings. The van der Waals surface area contributed by atoms with E-state index in [-0.39, 0.29) is 5.25 Å². The number of Topliss-reactive ketones (excluding diaryl/α,β-unsaturated/α-hetero) is 1. The van der Waals surface area contributed by atoms with E-state index in [1.807, 2.05) is 6.07 Å². The molecule has 17 heavy (non-hydrogen) atoms. The molecule has 1 atom stereocenters. The summed E-state index contributed by atoms with van der Waals surface area (Å²) in [6, 6.07) is 10.4. The highest BCUT2D eigenvalue weighted by atomic mass is 32.2. The first kappa shape index (κ1) is 11.3. The average molecular weight is 246 g/mol. The summed E-state index contributed by atoms with van der Waals surface area (Å²) in [5.41, 5.74) is 0.357. The van der Waals surface area contributed by atoms with Crippen molar-refractivity contribution in [3.05, 3.63) is 30.3 Å². The smallest absolute Gasteiger partial charge is 0.147 e. The quantitative estimate of drug-likeness (QED) is 0.782. The van der Waals surface area contributed by atoms with Gasteiger partial charge in [0.1, 0.15) is 5.78 Å². The number of rotatable bonds is 2. The lowest BCUT2D eigenvalue weighted by Crippen LogP contribution is -2.52. The van der Waals surface area contributed by atoms with Gasteiger partial charge in [-0.25, -0.2) is 0 Å².